The van der Waals surface area contributed by atoms with E-state index < -0.39 is 5.91 Å². The Morgan fingerprint density at radius 2 is 2.09 bits per heavy atom. The molecule has 128 valence electrons. The molecule has 0 spiro atoms. The van der Waals surface area contributed by atoms with Crippen molar-refractivity contribution in [2.75, 3.05) is 5.32 Å². The summed E-state index contributed by atoms with van der Waals surface area (Å²) >= 11 is 0. The molecule has 1 aromatic rings. The molecule has 1 aliphatic carbocycles. The fourth-order valence-corrected chi connectivity index (χ4v) is 3.02. The van der Waals surface area contributed by atoms with Crippen molar-refractivity contribution >= 4 is 11.7 Å². The molecule has 4 N–H and O–H groups in total. The zero-order chi connectivity index (χ0) is 17.0. The van der Waals surface area contributed by atoms with Crippen molar-refractivity contribution in [1.29, 1.82) is 0 Å². The lowest BCUT2D eigenvalue weighted by atomic mass is 9.95. The van der Waals surface area contributed by atoms with Crippen molar-refractivity contribution in [2.45, 2.75) is 70.9 Å². The lowest BCUT2D eigenvalue weighted by Crippen LogP contribution is -2.29. The Labute approximate surface area is 137 Å². The number of aromatic nitrogens is 2. The van der Waals surface area contributed by atoms with Gasteiger partial charge in [-0.15, -0.1) is 0 Å². The number of carbonyl (C=O) groups excluding carboxylic acids is 1. The number of amides is 1. The molecule has 1 amide bonds. The van der Waals surface area contributed by atoms with E-state index in [0.29, 0.717) is 23.1 Å². The molecular formula is C17H28N4O2. The van der Waals surface area contributed by atoms with Crippen molar-refractivity contribution in [3.8, 4) is 0 Å². The van der Waals surface area contributed by atoms with E-state index in [-0.39, 0.29) is 11.6 Å². The third kappa shape index (κ3) is 5.46. The van der Waals surface area contributed by atoms with Crippen molar-refractivity contribution in [3.05, 3.63) is 17.6 Å². The van der Waals surface area contributed by atoms with E-state index in [0.717, 1.165) is 38.5 Å². The van der Waals surface area contributed by atoms with Gasteiger partial charge in [-0.3, -0.25) is 4.79 Å². The first-order chi connectivity index (χ1) is 10.7. The Kier molecular flexibility index (Phi) is 5.57. The molecule has 1 aromatic heterocycles. The number of anilines is 1. The highest BCUT2D eigenvalue weighted by Gasteiger charge is 2.22. The van der Waals surface area contributed by atoms with Gasteiger partial charge in [0, 0.05) is 18.2 Å². The Morgan fingerprint density at radius 3 is 2.74 bits per heavy atom. The zero-order valence-corrected chi connectivity index (χ0v) is 14.3. The van der Waals surface area contributed by atoms with Gasteiger partial charge in [-0.2, -0.15) is 0 Å². The third-order valence-electron chi connectivity index (χ3n) is 4.07. The van der Waals surface area contributed by atoms with Crippen LogP contribution in [0.25, 0.3) is 0 Å². The molecule has 1 heterocycles. The van der Waals surface area contributed by atoms with Crippen LogP contribution in [0.3, 0.4) is 0 Å². The van der Waals surface area contributed by atoms with Gasteiger partial charge in [0.15, 0.2) is 0 Å². The summed E-state index contributed by atoms with van der Waals surface area (Å²) in [6.07, 6.45) is 6.97. The predicted molar refractivity (Wildman–Crippen MR) is 90.2 cm³/mol. The first-order valence-corrected chi connectivity index (χ1v) is 8.36. The second-order valence-corrected chi connectivity index (χ2v) is 7.53. The summed E-state index contributed by atoms with van der Waals surface area (Å²) in [5.41, 5.74) is 5.50. The lowest BCUT2D eigenvalue weighted by molar-refractivity contribution is 0.100. The number of aliphatic hydroxyl groups is 1. The van der Waals surface area contributed by atoms with Gasteiger partial charge in [0.1, 0.15) is 11.6 Å². The Balaban J connectivity index is 2.19. The number of hydrogen-bond acceptors (Lipinski definition) is 5. The van der Waals surface area contributed by atoms with E-state index >= 15 is 0 Å². The van der Waals surface area contributed by atoms with Gasteiger partial charge in [0.25, 0.3) is 5.91 Å². The average Bonchev–Trinajstić information content (AvgIpc) is 2.61. The van der Waals surface area contributed by atoms with Crippen molar-refractivity contribution < 1.29 is 9.90 Å². The van der Waals surface area contributed by atoms with E-state index in [2.05, 4.69) is 15.3 Å². The molecule has 6 nitrogen and oxygen atoms in total. The maximum absolute atomic E-state index is 11.6. The topological polar surface area (TPSA) is 101 Å². The normalized spacial score (nSPS) is 22.4. The molecule has 0 bridgehead atoms. The van der Waals surface area contributed by atoms with Gasteiger partial charge in [-0.1, -0.05) is 12.8 Å². The van der Waals surface area contributed by atoms with E-state index in [1.54, 1.807) is 0 Å². The van der Waals surface area contributed by atoms with E-state index in [1.807, 2.05) is 20.8 Å². The second kappa shape index (κ2) is 7.25. The lowest BCUT2D eigenvalue weighted by Gasteiger charge is -2.23. The molecule has 0 radical (unpaired) electrons. The van der Waals surface area contributed by atoms with Crippen LogP contribution in [0, 0.1) is 5.92 Å². The number of nitrogens with two attached hydrogens (primary N) is 1. The minimum atomic E-state index is -0.534. The van der Waals surface area contributed by atoms with Gasteiger partial charge < -0.3 is 16.2 Å². The molecule has 0 unspecified atom stereocenters. The summed E-state index contributed by atoms with van der Waals surface area (Å²) in [6.45, 7) is 6.00. The zero-order valence-electron chi connectivity index (χ0n) is 14.3. The van der Waals surface area contributed by atoms with Crippen LogP contribution in [0.1, 0.15) is 69.1 Å². The average molecular weight is 320 g/mol. The summed E-state index contributed by atoms with van der Waals surface area (Å²) < 4.78 is 0. The molecule has 1 fully saturated rings. The van der Waals surface area contributed by atoms with Crippen LogP contribution in [0.15, 0.2) is 6.20 Å². The molecule has 0 aliphatic heterocycles. The highest BCUT2D eigenvalue weighted by Crippen LogP contribution is 2.26. The largest absolute Gasteiger partial charge is 0.393 e. The third-order valence-corrected chi connectivity index (χ3v) is 4.07. The Bertz CT molecular complexity index is 554. The number of nitrogens with one attached hydrogen (secondary N) is 1. The van der Waals surface area contributed by atoms with Crippen molar-refractivity contribution in [3.63, 3.8) is 0 Å². The molecule has 1 aliphatic rings. The van der Waals surface area contributed by atoms with E-state index in [1.165, 1.54) is 6.20 Å². The maximum Gasteiger partial charge on any atom is 0.254 e. The van der Waals surface area contributed by atoms with E-state index in [9.17, 15) is 9.90 Å². The number of rotatable bonds is 4. The van der Waals surface area contributed by atoms with Crippen LogP contribution in [-0.2, 0) is 6.42 Å². The minimum Gasteiger partial charge on any atom is -0.393 e. The Hall–Kier alpha value is -1.69. The van der Waals surface area contributed by atoms with Crippen LogP contribution < -0.4 is 11.1 Å². The molecule has 2 atom stereocenters. The fourth-order valence-electron chi connectivity index (χ4n) is 3.02. The molecule has 1 saturated carbocycles. The second-order valence-electron chi connectivity index (χ2n) is 7.53. The number of primary amides is 1. The molecule has 23 heavy (non-hydrogen) atoms. The molecule has 2 rings (SSSR count). The van der Waals surface area contributed by atoms with Gasteiger partial charge in [0.05, 0.1) is 11.7 Å². The smallest absolute Gasteiger partial charge is 0.254 e. The molecule has 0 saturated heterocycles. The number of hydrogen-bond donors (Lipinski definition) is 3. The van der Waals surface area contributed by atoms with Crippen LogP contribution in [0.5, 0.6) is 0 Å². The standard InChI is InChI=1S/C17H28N4O2/c1-17(2,3)21-16-13(15(18)23)10-19-14(20-16)9-11-6-4-5-7-12(22)8-11/h10-12,22H,4-9H2,1-3H3,(H2,18,23)(H,19,20,21)/t11-,12+/m0/s1. The summed E-state index contributed by atoms with van der Waals surface area (Å²) in [5, 5.41) is 13.2. The first-order valence-electron chi connectivity index (χ1n) is 8.36. The highest BCUT2D eigenvalue weighted by atomic mass is 16.3. The minimum absolute atomic E-state index is 0.223. The van der Waals surface area contributed by atoms with E-state index in [4.69, 9.17) is 5.73 Å². The molecule has 6 heteroatoms. The summed E-state index contributed by atoms with van der Waals surface area (Å²) in [5.74, 6) is 1.03. The van der Waals surface area contributed by atoms with Gasteiger partial charge >= 0.3 is 0 Å². The SMILES string of the molecule is CC(C)(C)Nc1nc(C[C@H]2CCCC[C@@H](O)C2)ncc1C(N)=O. The molecule has 0 aromatic carbocycles. The number of nitrogens with zero attached hydrogens (tertiary/aromatic N) is 2. The van der Waals surface area contributed by atoms with Crippen molar-refractivity contribution in [2.24, 2.45) is 11.7 Å². The van der Waals surface area contributed by atoms with Gasteiger partial charge in [-0.25, -0.2) is 9.97 Å². The number of aliphatic hydroxyl groups excluding tert-OH is 1. The number of carbonyl (C=O) groups is 1. The maximum atomic E-state index is 11.6. The highest BCUT2D eigenvalue weighted by molar-refractivity contribution is 5.97. The summed E-state index contributed by atoms with van der Waals surface area (Å²) in [4.78, 5) is 20.4. The van der Waals surface area contributed by atoms with Crippen LogP contribution in [0.4, 0.5) is 5.82 Å². The fraction of sp³-hybridized carbons (Fsp3) is 0.706. The van der Waals surface area contributed by atoms with Gasteiger partial charge in [0.2, 0.25) is 0 Å². The van der Waals surface area contributed by atoms with Crippen LogP contribution in [-0.4, -0.2) is 32.6 Å². The molecular weight excluding hydrogens is 292 g/mol. The quantitative estimate of drug-likeness (QED) is 0.739. The van der Waals surface area contributed by atoms with Crippen molar-refractivity contribution in [1.82, 2.24) is 9.97 Å². The monoisotopic (exact) mass is 320 g/mol. The summed E-state index contributed by atoms with van der Waals surface area (Å²) in [6, 6.07) is 0. The van der Waals surface area contributed by atoms with Crippen LogP contribution >= 0.6 is 0 Å². The van der Waals surface area contributed by atoms with Gasteiger partial charge in [-0.05, 0) is 46.0 Å². The predicted octanol–water partition coefficient (Wildman–Crippen LogP) is 2.27. The Morgan fingerprint density at radius 1 is 1.39 bits per heavy atom. The first kappa shape index (κ1) is 17.7. The summed E-state index contributed by atoms with van der Waals surface area (Å²) in [7, 11) is 0. The van der Waals surface area contributed by atoms with Crippen LogP contribution in [0.2, 0.25) is 0 Å².